The van der Waals surface area contributed by atoms with Crippen LogP contribution in [0.15, 0.2) is 34.9 Å². The molecule has 2 fully saturated rings. The highest BCUT2D eigenvalue weighted by atomic mass is 35.5. The molecule has 0 spiro atoms. The van der Waals surface area contributed by atoms with Crippen LogP contribution in [0.4, 0.5) is 0 Å². The molecule has 2 saturated heterocycles. The van der Waals surface area contributed by atoms with Gasteiger partial charge in [0.05, 0.1) is 23.1 Å². The SMILES string of the molecule is O=C1CC(C(=O)N2CCN(Cc3ccc(Cl)s3)CC2)CN1Cc1ccco1. The van der Waals surface area contributed by atoms with Crippen molar-refractivity contribution >= 4 is 34.8 Å². The number of rotatable bonds is 5. The predicted molar refractivity (Wildman–Crippen MR) is 103 cm³/mol. The van der Waals surface area contributed by atoms with Gasteiger partial charge in [-0.25, -0.2) is 0 Å². The minimum absolute atomic E-state index is 0.0259. The topological polar surface area (TPSA) is 57.0 Å². The van der Waals surface area contributed by atoms with Gasteiger partial charge >= 0.3 is 0 Å². The second-order valence-corrected chi connectivity index (χ2v) is 8.86. The molecule has 8 heteroatoms. The van der Waals surface area contributed by atoms with Crippen LogP contribution < -0.4 is 0 Å². The Morgan fingerprint density at radius 3 is 2.67 bits per heavy atom. The summed E-state index contributed by atoms with van der Waals surface area (Å²) in [6, 6.07) is 7.64. The molecule has 0 saturated carbocycles. The number of piperazine rings is 1. The van der Waals surface area contributed by atoms with Crippen molar-refractivity contribution in [2.45, 2.75) is 19.5 Å². The van der Waals surface area contributed by atoms with Gasteiger partial charge in [-0.05, 0) is 24.3 Å². The molecule has 1 unspecified atom stereocenters. The maximum absolute atomic E-state index is 12.9. The van der Waals surface area contributed by atoms with Crippen molar-refractivity contribution < 1.29 is 14.0 Å². The first-order chi connectivity index (χ1) is 13.1. The average Bonchev–Trinajstić information content (AvgIpc) is 3.39. The zero-order chi connectivity index (χ0) is 18.8. The molecule has 4 rings (SSSR count). The number of carbonyl (C=O) groups excluding carboxylic acids is 2. The molecular formula is C19H22ClN3O3S. The van der Waals surface area contributed by atoms with E-state index in [0.29, 0.717) is 32.6 Å². The summed E-state index contributed by atoms with van der Waals surface area (Å²) in [4.78, 5) is 32.3. The highest BCUT2D eigenvalue weighted by Crippen LogP contribution is 2.25. The van der Waals surface area contributed by atoms with Crippen molar-refractivity contribution in [3.63, 3.8) is 0 Å². The lowest BCUT2D eigenvalue weighted by Crippen LogP contribution is -2.50. The third-order valence-corrected chi connectivity index (χ3v) is 6.40. The Bertz CT molecular complexity index is 799. The molecular weight excluding hydrogens is 386 g/mol. The number of furan rings is 1. The van der Waals surface area contributed by atoms with E-state index < -0.39 is 0 Å². The molecule has 0 aromatic carbocycles. The van der Waals surface area contributed by atoms with Crippen LogP contribution in [0.3, 0.4) is 0 Å². The second-order valence-electron chi connectivity index (χ2n) is 7.06. The first kappa shape index (κ1) is 18.5. The number of nitrogens with zero attached hydrogens (tertiary/aromatic N) is 3. The van der Waals surface area contributed by atoms with Crippen LogP contribution in [0.2, 0.25) is 4.34 Å². The number of likely N-dealkylation sites (tertiary alicyclic amines) is 1. The number of halogens is 1. The van der Waals surface area contributed by atoms with Crippen LogP contribution in [0.5, 0.6) is 0 Å². The van der Waals surface area contributed by atoms with Gasteiger partial charge in [0.15, 0.2) is 0 Å². The summed E-state index contributed by atoms with van der Waals surface area (Å²) in [6.07, 6.45) is 1.90. The molecule has 0 aliphatic carbocycles. The van der Waals surface area contributed by atoms with Gasteiger partial charge < -0.3 is 14.2 Å². The smallest absolute Gasteiger partial charge is 0.228 e. The molecule has 2 amide bonds. The Kier molecular flexibility index (Phi) is 5.52. The lowest BCUT2D eigenvalue weighted by Gasteiger charge is -2.35. The standard InChI is InChI=1S/C19H22ClN3O3S/c20-17-4-3-16(27-17)13-21-5-7-22(8-6-21)19(25)14-10-18(24)23(11-14)12-15-2-1-9-26-15/h1-4,9,14H,5-8,10-13H2. The fourth-order valence-corrected chi connectivity index (χ4v) is 4.85. The second kappa shape index (κ2) is 8.04. The van der Waals surface area contributed by atoms with Gasteiger partial charge in [0, 0.05) is 50.6 Å². The molecule has 2 aromatic heterocycles. The number of hydrogen-bond donors (Lipinski definition) is 0. The Hall–Kier alpha value is -1.83. The minimum atomic E-state index is -0.241. The van der Waals surface area contributed by atoms with Gasteiger partial charge in [0.25, 0.3) is 0 Å². The first-order valence-corrected chi connectivity index (χ1v) is 10.3. The summed E-state index contributed by atoms with van der Waals surface area (Å²) < 4.78 is 6.12. The lowest BCUT2D eigenvalue weighted by molar-refractivity contribution is -0.137. The quantitative estimate of drug-likeness (QED) is 0.764. The molecule has 144 valence electrons. The summed E-state index contributed by atoms with van der Waals surface area (Å²) in [5.41, 5.74) is 0. The molecule has 2 aromatic rings. The van der Waals surface area contributed by atoms with E-state index in [9.17, 15) is 9.59 Å². The van der Waals surface area contributed by atoms with Crippen molar-refractivity contribution in [1.29, 1.82) is 0 Å². The zero-order valence-corrected chi connectivity index (χ0v) is 16.5. The minimum Gasteiger partial charge on any atom is -0.467 e. The van der Waals surface area contributed by atoms with Crippen LogP contribution in [0.25, 0.3) is 0 Å². The number of amides is 2. The third-order valence-electron chi connectivity index (χ3n) is 5.18. The normalized spacial score (nSPS) is 21.2. The van der Waals surface area contributed by atoms with Crippen molar-refractivity contribution in [1.82, 2.24) is 14.7 Å². The first-order valence-electron chi connectivity index (χ1n) is 9.14. The Balaban J connectivity index is 1.27. The fraction of sp³-hybridized carbons (Fsp3) is 0.474. The molecule has 2 aliphatic rings. The number of hydrogen-bond acceptors (Lipinski definition) is 5. The summed E-state index contributed by atoms with van der Waals surface area (Å²) in [5.74, 6) is 0.635. The van der Waals surface area contributed by atoms with Gasteiger partial charge in [-0.2, -0.15) is 0 Å². The van der Waals surface area contributed by atoms with E-state index in [1.165, 1.54) is 4.88 Å². The predicted octanol–water partition coefficient (Wildman–Crippen LogP) is 2.69. The molecule has 6 nitrogen and oxygen atoms in total. The van der Waals surface area contributed by atoms with Crippen molar-refractivity contribution in [2.24, 2.45) is 5.92 Å². The maximum Gasteiger partial charge on any atom is 0.228 e. The Morgan fingerprint density at radius 2 is 2.00 bits per heavy atom. The van der Waals surface area contributed by atoms with Crippen LogP contribution >= 0.6 is 22.9 Å². The average molecular weight is 408 g/mol. The Morgan fingerprint density at radius 1 is 1.19 bits per heavy atom. The summed E-state index contributed by atoms with van der Waals surface area (Å²) in [7, 11) is 0. The van der Waals surface area contributed by atoms with Gasteiger partial charge in [-0.1, -0.05) is 11.6 Å². The number of thiophene rings is 1. The van der Waals surface area contributed by atoms with Gasteiger partial charge in [-0.3, -0.25) is 14.5 Å². The monoisotopic (exact) mass is 407 g/mol. The van der Waals surface area contributed by atoms with E-state index >= 15 is 0 Å². The van der Waals surface area contributed by atoms with Gasteiger partial charge in [0.1, 0.15) is 5.76 Å². The summed E-state index contributed by atoms with van der Waals surface area (Å²) in [6.45, 7) is 4.90. The third kappa shape index (κ3) is 4.36. The highest BCUT2D eigenvalue weighted by Gasteiger charge is 2.37. The van der Waals surface area contributed by atoms with Gasteiger partial charge in [0.2, 0.25) is 11.8 Å². The Labute approximate surface area is 167 Å². The van der Waals surface area contributed by atoms with E-state index in [1.54, 1.807) is 22.5 Å². The van der Waals surface area contributed by atoms with Crippen molar-refractivity contribution in [3.05, 3.63) is 45.5 Å². The molecule has 0 radical (unpaired) electrons. The molecule has 27 heavy (non-hydrogen) atoms. The molecule has 0 bridgehead atoms. The lowest BCUT2D eigenvalue weighted by atomic mass is 10.1. The van der Waals surface area contributed by atoms with Gasteiger partial charge in [-0.15, -0.1) is 11.3 Å². The van der Waals surface area contributed by atoms with E-state index in [-0.39, 0.29) is 17.7 Å². The molecule has 0 N–H and O–H groups in total. The van der Waals surface area contributed by atoms with Crippen LogP contribution in [-0.4, -0.2) is 59.2 Å². The van der Waals surface area contributed by atoms with E-state index in [1.807, 2.05) is 23.1 Å². The van der Waals surface area contributed by atoms with Crippen molar-refractivity contribution in [3.8, 4) is 0 Å². The van der Waals surface area contributed by atoms with Crippen LogP contribution in [0.1, 0.15) is 17.1 Å². The van der Waals surface area contributed by atoms with Crippen molar-refractivity contribution in [2.75, 3.05) is 32.7 Å². The van der Waals surface area contributed by atoms with E-state index in [2.05, 4.69) is 11.0 Å². The van der Waals surface area contributed by atoms with Crippen LogP contribution in [0, 0.1) is 5.92 Å². The summed E-state index contributed by atoms with van der Waals surface area (Å²) >= 11 is 7.60. The van der Waals surface area contributed by atoms with E-state index in [4.69, 9.17) is 16.0 Å². The fourth-order valence-electron chi connectivity index (χ4n) is 3.72. The summed E-state index contributed by atoms with van der Waals surface area (Å²) in [5, 5.41) is 0. The zero-order valence-electron chi connectivity index (χ0n) is 15.0. The molecule has 4 heterocycles. The largest absolute Gasteiger partial charge is 0.467 e. The highest BCUT2D eigenvalue weighted by molar-refractivity contribution is 7.16. The molecule has 2 aliphatic heterocycles. The molecule has 1 atom stereocenters. The number of carbonyl (C=O) groups is 2. The van der Waals surface area contributed by atoms with E-state index in [0.717, 1.165) is 29.7 Å². The maximum atomic E-state index is 12.9. The van der Waals surface area contributed by atoms with Crippen LogP contribution in [-0.2, 0) is 22.7 Å².